The number of hydrogen-bond acceptors (Lipinski definition) is 6. The van der Waals surface area contributed by atoms with E-state index in [1.54, 1.807) is 6.20 Å². The van der Waals surface area contributed by atoms with Gasteiger partial charge in [0.15, 0.2) is 11.5 Å². The first-order valence-electron chi connectivity index (χ1n) is 10.2. The van der Waals surface area contributed by atoms with Crippen LogP contribution in [0.1, 0.15) is 59.8 Å². The maximum absolute atomic E-state index is 12.8. The van der Waals surface area contributed by atoms with Crippen LogP contribution in [-0.2, 0) is 16.6 Å². The molecule has 29 heavy (non-hydrogen) atoms. The smallest absolute Gasteiger partial charge is 0.236 e. The molecule has 0 spiro atoms. The summed E-state index contributed by atoms with van der Waals surface area (Å²) in [6.07, 6.45) is 7.52. The molecule has 2 heterocycles. The van der Waals surface area contributed by atoms with Crippen LogP contribution in [0, 0.1) is 0 Å². The second-order valence-electron chi connectivity index (χ2n) is 8.16. The third-order valence-electron chi connectivity index (χ3n) is 5.56. The van der Waals surface area contributed by atoms with Crippen molar-refractivity contribution < 1.29 is 8.42 Å². The van der Waals surface area contributed by atoms with Crippen LogP contribution in [0.25, 0.3) is 11.0 Å². The Hall–Kier alpha value is -1.45. The predicted octanol–water partition coefficient (Wildman–Crippen LogP) is 3.44. The first-order valence-corrected chi connectivity index (χ1v) is 11.8. The molecule has 10 heteroatoms. The Balaban J connectivity index is 0.00000300. The number of fused-ring (bicyclic) bond motifs is 1. The molecule has 0 radical (unpaired) electrons. The highest BCUT2D eigenvalue weighted by molar-refractivity contribution is 7.93. The summed E-state index contributed by atoms with van der Waals surface area (Å²) in [6.45, 7) is 10.3. The number of anilines is 1. The number of sulfonamides is 1. The van der Waals surface area contributed by atoms with Crippen LogP contribution in [0.2, 0.25) is 0 Å². The molecular weight excluding hydrogens is 412 g/mol. The molecule has 1 aliphatic carbocycles. The molecule has 0 unspecified atom stereocenters. The van der Waals surface area contributed by atoms with Gasteiger partial charge in [-0.1, -0.05) is 19.3 Å². The van der Waals surface area contributed by atoms with E-state index >= 15 is 0 Å². The summed E-state index contributed by atoms with van der Waals surface area (Å²) in [5, 5.41) is 4.74. The fourth-order valence-electron chi connectivity index (χ4n) is 4.05. The molecule has 1 fully saturated rings. The van der Waals surface area contributed by atoms with E-state index in [4.69, 9.17) is 0 Å². The molecule has 0 amide bonds. The second-order valence-corrected chi connectivity index (χ2v) is 10.1. The van der Waals surface area contributed by atoms with Gasteiger partial charge in [-0.2, -0.15) is 5.10 Å². The van der Waals surface area contributed by atoms with Gasteiger partial charge in [-0.25, -0.2) is 23.1 Å². The van der Waals surface area contributed by atoms with Crippen LogP contribution in [0.3, 0.4) is 0 Å². The fourth-order valence-corrected chi connectivity index (χ4v) is 5.61. The van der Waals surface area contributed by atoms with Gasteiger partial charge in [0.05, 0.1) is 23.4 Å². The quantitative estimate of drug-likeness (QED) is 0.670. The van der Waals surface area contributed by atoms with E-state index in [0.29, 0.717) is 48.3 Å². The normalized spacial score (nSPS) is 16.0. The van der Waals surface area contributed by atoms with E-state index in [0.717, 1.165) is 25.8 Å². The topological polar surface area (TPSA) is 93.0 Å². The highest BCUT2D eigenvalue weighted by Gasteiger charge is 2.28. The van der Waals surface area contributed by atoms with E-state index in [-0.39, 0.29) is 17.7 Å². The summed E-state index contributed by atoms with van der Waals surface area (Å²) in [4.78, 5) is 10.9. The van der Waals surface area contributed by atoms with Crippen molar-refractivity contribution in [2.24, 2.45) is 0 Å². The van der Waals surface area contributed by atoms with Crippen molar-refractivity contribution in [3.05, 3.63) is 12.5 Å². The number of hydrogen-bond donors (Lipinski definition) is 1. The monoisotopic (exact) mass is 444 g/mol. The Kier molecular flexibility index (Phi) is 8.25. The summed E-state index contributed by atoms with van der Waals surface area (Å²) in [5.41, 5.74) is 0.656. The average molecular weight is 445 g/mol. The van der Waals surface area contributed by atoms with Crippen molar-refractivity contribution in [3.63, 3.8) is 0 Å². The van der Waals surface area contributed by atoms with Gasteiger partial charge in [-0.3, -0.25) is 9.62 Å². The predicted molar refractivity (Wildman–Crippen MR) is 119 cm³/mol. The zero-order valence-corrected chi connectivity index (χ0v) is 19.3. The van der Waals surface area contributed by atoms with Crippen molar-refractivity contribution in [2.45, 2.75) is 83.7 Å². The highest BCUT2D eigenvalue weighted by Crippen LogP contribution is 2.27. The number of aromatic nitrogens is 4. The van der Waals surface area contributed by atoms with Gasteiger partial charge in [0, 0.05) is 18.6 Å². The van der Waals surface area contributed by atoms with Crippen molar-refractivity contribution in [1.82, 2.24) is 24.6 Å². The Morgan fingerprint density at radius 1 is 1.14 bits per heavy atom. The van der Waals surface area contributed by atoms with Crippen molar-refractivity contribution in [3.8, 4) is 0 Å². The summed E-state index contributed by atoms with van der Waals surface area (Å²) in [6, 6.07) is 0.878. The minimum Gasteiger partial charge on any atom is -0.297 e. The Morgan fingerprint density at radius 2 is 1.79 bits per heavy atom. The van der Waals surface area contributed by atoms with Crippen LogP contribution in [0.5, 0.6) is 0 Å². The van der Waals surface area contributed by atoms with E-state index in [9.17, 15) is 8.42 Å². The van der Waals surface area contributed by atoms with Gasteiger partial charge in [-0.15, -0.1) is 12.4 Å². The summed E-state index contributed by atoms with van der Waals surface area (Å²) < 4.78 is 30.1. The molecule has 3 rings (SSSR count). The molecule has 1 saturated carbocycles. The molecule has 0 saturated heterocycles. The summed E-state index contributed by atoms with van der Waals surface area (Å²) >= 11 is 0. The van der Waals surface area contributed by atoms with Crippen molar-refractivity contribution >= 4 is 39.3 Å². The van der Waals surface area contributed by atoms with E-state index in [1.165, 1.54) is 6.33 Å². The van der Waals surface area contributed by atoms with E-state index in [2.05, 4.69) is 52.4 Å². The lowest BCUT2D eigenvalue weighted by Crippen LogP contribution is -2.39. The molecule has 0 bridgehead atoms. The molecule has 1 N–H and O–H groups in total. The Labute approximate surface area is 179 Å². The molecule has 0 aromatic carbocycles. The lowest BCUT2D eigenvalue weighted by atomic mass is 10.0. The Bertz CT molecular complexity index is 885. The molecule has 164 valence electrons. The maximum atomic E-state index is 12.8. The Morgan fingerprint density at radius 3 is 2.41 bits per heavy atom. The van der Waals surface area contributed by atoms with E-state index < -0.39 is 10.0 Å². The number of nitrogens with zero attached hydrogens (tertiary/aromatic N) is 5. The maximum Gasteiger partial charge on any atom is 0.236 e. The first kappa shape index (κ1) is 23.8. The number of rotatable bonds is 8. The standard InChI is InChI=1S/C19H32N6O2S.ClH/c1-14(2)24(15(3)4)10-11-25-19-17(12-22-25)18(20-13-21-19)23-28(26,27)16-8-6-5-7-9-16;/h12-16H,5-11H2,1-4H3,(H,20,21,23);1H. The molecule has 8 nitrogen and oxygen atoms in total. The van der Waals surface area contributed by atoms with Crippen LogP contribution >= 0.6 is 12.4 Å². The lowest BCUT2D eigenvalue weighted by Gasteiger charge is -2.30. The van der Waals surface area contributed by atoms with Gasteiger partial charge in [0.1, 0.15) is 6.33 Å². The largest absolute Gasteiger partial charge is 0.297 e. The van der Waals surface area contributed by atoms with Crippen LogP contribution in [-0.4, -0.2) is 56.9 Å². The molecule has 2 aromatic heterocycles. The van der Waals surface area contributed by atoms with Gasteiger partial charge >= 0.3 is 0 Å². The van der Waals surface area contributed by atoms with Gasteiger partial charge in [0.2, 0.25) is 10.0 Å². The molecule has 0 atom stereocenters. The fraction of sp³-hybridized carbons (Fsp3) is 0.737. The molecule has 1 aliphatic rings. The van der Waals surface area contributed by atoms with Crippen LogP contribution in [0.15, 0.2) is 12.5 Å². The average Bonchev–Trinajstić information content (AvgIpc) is 3.06. The zero-order chi connectivity index (χ0) is 20.3. The van der Waals surface area contributed by atoms with Gasteiger partial charge in [0.25, 0.3) is 0 Å². The minimum atomic E-state index is -3.45. The lowest BCUT2D eigenvalue weighted by molar-refractivity contribution is 0.167. The molecule has 0 aliphatic heterocycles. The van der Waals surface area contributed by atoms with Gasteiger partial charge < -0.3 is 0 Å². The summed E-state index contributed by atoms with van der Waals surface area (Å²) in [7, 11) is -3.45. The number of nitrogens with one attached hydrogen (secondary N) is 1. The van der Waals surface area contributed by atoms with Crippen LogP contribution < -0.4 is 4.72 Å². The van der Waals surface area contributed by atoms with Crippen molar-refractivity contribution in [2.75, 3.05) is 11.3 Å². The first-order chi connectivity index (χ1) is 13.3. The molecule has 2 aromatic rings. The van der Waals surface area contributed by atoms with E-state index in [1.807, 2.05) is 4.68 Å². The third-order valence-corrected chi connectivity index (χ3v) is 7.39. The van der Waals surface area contributed by atoms with Crippen molar-refractivity contribution in [1.29, 1.82) is 0 Å². The molecular formula is C19H33ClN6O2S. The SMILES string of the molecule is CC(C)N(CCn1ncc2c(NS(=O)(=O)C3CCCCC3)ncnc21)C(C)C.Cl. The minimum absolute atomic E-state index is 0. The third kappa shape index (κ3) is 5.58. The highest BCUT2D eigenvalue weighted by atomic mass is 35.5. The van der Waals surface area contributed by atoms with Crippen LogP contribution in [0.4, 0.5) is 5.82 Å². The zero-order valence-electron chi connectivity index (χ0n) is 17.7. The van der Waals surface area contributed by atoms with Gasteiger partial charge in [-0.05, 0) is 40.5 Å². The second kappa shape index (κ2) is 10.0. The number of halogens is 1. The summed E-state index contributed by atoms with van der Waals surface area (Å²) in [5.74, 6) is 0.325.